The fourth-order valence-corrected chi connectivity index (χ4v) is 6.07. The van der Waals surface area contributed by atoms with Crippen LogP contribution in [-0.2, 0) is 4.84 Å². The zero-order valence-corrected chi connectivity index (χ0v) is 17.7. The van der Waals surface area contributed by atoms with Crippen molar-refractivity contribution in [2.45, 2.75) is 89.4 Å². The predicted octanol–water partition coefficient (Wildman–Crippen LogP) is 3.67. The van der Waals surface area contributed by atoms with Gasteiger partial charge in [0.25, 0.3) is 0 Å². The summed E-state index contributed by atoms with van der Waals surface area (Å²) in [6.45, 7) is 3.00. The first-order valence-corrected chi connectivity index (χ1v) is 11.2. The van der Waals surface area contributed by atoms with Crippen LogP contribution in [0.4, 0.5) is 0 Å². The highest BCUT2D eigenvalue weighted by Gasteiger charge is 2.58. The van der Waals surface area contributed by atoms with Crippen molar-refractivity contribution in [3.05, 3.63) is 0 Å². The van der Waals surface area contributed by atoms with E-state index >= 15 is 0 Å². The van der Waals surface area contributed by atoms with Crippen LogP contribution in [0.3, 0.4) is 0 Å². The minimum absolute atomic E-state index is 0.0545. The summed E-state index contributed by atoms with van der Waals surface area (Å²) in [4.78, 5) is 5.59. The molecule has 3 aliphatic carbocycles. The molecule has 27 heavy (non-hydrogen) atoms. The molecule has 0 heterocycles. The first kappa shape index (κ1) is 21.1. The minimum Gasteiger partial charge on any atom is -0.389 e. The average Bonchev–Trinajstić information content (AvgIpc) is 2.93. The van der Waals surface area contributed by atoms with Crippen molar-refractivity contribution in [2.75, 3.05) is 20.6 Å². The van der Waals surface area contributed by atoms with E-state index in [1.807, 2.05) is 20.3 Å². The molecule has 0 spiro atoms. The molecule has 3 aliphatic rings. The minimum atomic E-state index is -0.519. The van der Waals surface area contributed by atoms with Gasteiger partial charge in [-0.25, -0.2) is 0 Å². The number of fused-ring (bicyclic) bond motifs is 1. The van der Waals surface area contributed by atoms with Crippen molar-refractivity contribution in [2.24, 2.45) is 28.3 Å². The molecule has 0 aromatic heterocycles. The molecule has 0 bridgehead atoms. The lowest BCUT2D eigenvalue weighted by Gasteiger charge is -2.49. The second-order valence-corrected chi connectivity index (χ2v) is 9.64. The summed E-state index contributed by atoms with van der Waals surface area (Å²) in [5, 5.41) is 22.0. The summed E-state index contributed by atoms with van der Waals surface area (Å²) < 4.78 is 0. The fraction of sp³-hybridized carbons (Fsp3) is 0.955. The van der Waals surface area contributed by atoms with Gasteiger partial charge in [0.2, 0.25) is 0 Å². The number of likely N-dealkylation sites (N-methyl/N-ethyl adjacent to an activating group) is 2. The standard InChI is InChI=1S/C22H41N3O2/c1-21-11-9-18(13-17-7-5-4-6-8-17)14-22(21,26)12-10-19(21)15-25-27-20(24-3)16-23-2/h15,17-20,23-24,26H,4-14,16H2,1-3H3/b25-15+/t18-,19-,20?,21-,22+/m1/s1. The van der Waals surface area contributed by atoms with Gasteiger partial charge in [0.05, 0.1) is 5.60 Å². The van der Waals surface area contributed by atoms with Crippen molar-refractivity contribution < 1.29 is 9.94 Å². The lowest BCUT2D eigenvalue weighted by molar-refractivity contribution is -0.109. The van der Waals surface area contributed by atoms with Crippen LogP contribution in [0.1, 0.15) is 77.6 Å². The first-order valence-electron chi connectivity index (χ1n) is 11.2. The Kier molecular flexibility index (Phi) is 7.20. The Balaban J connectivity index is 1.56. The smallest absolute Gasteiger partial charge is 0.190 e. The second kappa shape index (κ2) is 9.23. The maximum Gasteiger partial charge on any atom is 0.190 e. The molecule has 0 radical (unpaired) electrons. The molecule has 3 rings (SSSR count). The third-order valence-electron chi connectivity index (χ3n) is 7.98. The monoisotopic (exact) mass is 379 g/mol. The molecule has 3 fully saturated rings. The lowest BCUT2D eigenvalue weighted by Crippen LogP contribution is -2.50. The van der Waals surface area contributed by atoms with E-state index in [0.717, 1.165) is 31.6 Å². The normalized spacial score (nSPS) is 38.8. The Hall–Kier alpha value is -0.650. The predicted molar refractivity (Wildman–Crippen MR) is 111 cm³/mol. The van der Waals surface area contributed by atoms with Crippen molar-refractivity contribution in [1.29, 1.82) is 0 Å². The van der Waals surface area contributed by atoms with Crippen LogP contribution in [0.25, 0.3) is 0 Å². The highest BCUT2D eigenvalue weighted by molar-refractivity contribution is 5.62. The van der Waals surface area contributed by atoms with Gasteiger partial charge >= 0.3 is 0 Å². The Bertz CT molecular complexity index is 494. The fourth-order valence-electron chi connectivity index (χ4n) is 6.07. The van der Waals surface area contributed by atoms with Crippen LogP contribution < -0.4 is 10.6 Å². The number of oxime groups is 1. The summed E-state index contributed by atoms with van der Waals surface area (Å²) in [7, 11) is 3.78. The van der Waals surface area contributed by atoms with Crippen LogP contribution in [0.15, 0.2) is 5.16 Å². The van der Waals surface area contributed by atoms with Gasteiger partial charge in [-0.3, -0.25) is 5.32 Å². The summed E-state index contributed by atoms with van der Waals surface area (Å²) in [5.74, 6) is 1.93. The molecule has 5 heteroatoms. The van der Waals surface area contributed by atoms with Gasteiger partial charge in [0.1, 0.15) is 0 Å². The summed E-state index contributed by atoms with van der Waals surface area (Å²) >= 11 is 0. The summed E-state index contributed by atoms with van der Waals surface area (Å²) in [6, 6.07) is 0. The van der Waals surface area contributed by atoms with Crippen LogP contribution in [-0.4, -0.2) is 43.8 Å². The summed E-state index contributed by atoms with van der Waals surface area (Å²) in [5.41, 5.74) is -0.574. The molecule has 0 aromatic carbocycles. The molecule has 1 unspecified atom stereocenters. The third kappa shape index (κ3) is 4.68. The Morgan fingerprint density at radius 1 is 1.11 bits per heavy atom. The SMILES string of the molecule is CNCC(NC)O/N=C/[C@H]1CC[C@]2(O)C[C@@H](CC3CCCCC3)CC[C@]12C. The molecule has 5 atom stereocenters. The van der Waals surface area contributed by atoms with Crippen molar-refractivity contribution in [1.82, 2.24) is 10.6 Å². The molecule has 0 aromatic rings. The van der Waals surface area contributed by atoms with E-state index in [1.54, 1.807) is 0 Å². The number of hydrogen-bond acceptors (Lipinski definition) is 5. The van der Waals surface area contributed by atoms with Crippen LogP contribution in [0, 0.1) is 23.2 Å². The van der Waals surface area contributed by atoms with E-state index in [4.69, 9.17) is 4.84 Å². The van der Waals surface area contributed by atoms with Gasteiger partial charge in [0, 0.05) is 24.1 Å². The van der Waals surface area contributed by atoms with E-state index in [1.165, 1.54) is 44.9 Å². The number of hydrogen-bond donors (Lipinski definition) is 3. The molecule has 0 saturated heterocycles. The molecule has 3 N–H and O–H groups in total. The van der Waals surface area contributed by atoms with E-state index in [0.29, 0.717) is 18.4 Å². The largest absolute Gasteiger partial charge is 0.389 e. The lowest BCUT2D eigenvalue weighted by atomic mass is 9.59. The summed E-state index contributed by atoms with van der Waals surface area (Å²) in [6.07, 6.45) is 15.6. The maximum atomic E-state index is 11.6. The third-order valence-corrected chi connectivity index (χ3v) is 7.98. The van der Waals surface area contributed by atoms with Crippen LogP contribution in [0.5, 0.6) is 0 Å². The van der Waals surface area contributed by atoms with E-state index in [2.05, 4.69) is 22.7 Å². The van der Waals surface area contributed by atoms with Crippen LogP contribution in [0.2, 0.25) is 0 Å². The van der Waals surface area contributed by atoms with E-state index in [9.17, 15) is 5.11 Å². The van der Waals surface area contributed by atoms with Gasteiger partial charge in [0.15, 0.2) is 6.23 Å². The number of aliphatic hydroxyl groups is 1. The number of rotatable bonds is 8. The van der Waals surface area contributed by atoms with Gasteiger partial charge in [-0.1, -0.05) is 44.2 Å². The van der Waals surface area contributed by atoms with Crippen molar-refractivity contribution in [3.8, 4) is 0 Å². The number of nitrogens with zero attached hydrogens (tertiary/aromatic N) is 1. The molecule has 3 saturated carbocycles. The zero-order valence-electron chi connectivity index (χ0n) is 17.7. The van der Waals surface area contributed by atoms with Gasteiger partial charge in [-0.05, 0) is 64.5 Å². The molecular formula is C22H41N3O2. The van der Waals surface area contributed by atoms with Gasteiger partial charge < -0.3 is 15.3 Å². The Labute approximate surface area is 165 Å². The maximum absolute atomic E-state index is 11.6. The molecular weight excluding hydrogens is 338 g/mol. The van der Waals surface area contributed by atoms with E-state index in [-0.39, 0.29) is 11.6 Å². The Morgan fingerprint density at radius 3 is 2.59 bits per heavy atom. The van der Waals surface area contributed by atoms with Crippen molar-refractivity contribution in [3.63, 3.8) is 0 Å². The topological polar surface area (TPSA) is 65.9 Å². The van der Waals surface area contributed by atoms with Crippen LogP contribution >= 0.6 is 0 Å². The highest BCUT2D eigenvalue weighted by atomic mass is 16.6. The molecule has 0 amide bonds. The molecule has 0 aliphatic heterocycles. The number of nitrogens with one attached hydrogen (secondary N) is 2. The average molecular weight is 380 g/mol. The highest BCUT2D eigenvalue weighted by Crippen LogP contribution is 2.59. The zero-order chi connectivity index (χ0) is 19.3. The van der Waals surface area contributed by atoms with Gasteiger partial charge in [-0.15, -0.1) is 0 Å². The van der Waals surface area contributed by atoms with E-state index < -0.39 is 5.60 Å². The molecule has 156 valence electrons. The Morgan fingerprint density at radius 2 is 1.89 bits per heavy atom. The van der Waals surface area contributed by atoms with Gasteiger partial charge in [-0.2, -0.15) is 0 Å². The second-order valence-electron chi connectivity index (χ2n) is 9.64. The van der Waals surface area contributed by atoms with Crippen molar-refractivity contribution >= 4 is 6.21 Å². The quantitative estimate of drug-likeness (QED) is 0.342. The molecule has 5 nitrogen and oxygen atoms in total. The first-order chi connectivity index (χ1) is 13.0.